The van der Waals surface area contributed by atoms with E-state index in [0.29, 0.717) is 18.7 Å². The molecule has 2 aromatic carbocycles. The lowest BCUT2D eigenvalue weighted by Crippen LogP contribution is -2.43. The number of benzene rings is 2. The lowest BCUT2D eigenvalue weighted by molar-refractivity contribution is 0.0748. The van der Waals surface area contributed by atoms with Gasteiger partial charge in [0, 0.05) is 66.0 Å². The van der Waals surface area contributed by atoms with Gasteiger partial charge in [0.25, 0.3) is 5.91 Å². The molecule has 9 heteroatoms. The number of ether oxygens (including phenoxy) is 1. The van der Waals surface area contributed by atoms with Crippen LogP contribution in [0.25, 0.3) is 0 Å². The summed E-state index contributed by atoms with van der Waals surface area (Å²) in [5.41, 5.74) is 6.91. The summed E-state index contributed by atoms with van der Waals surface area (Å²) in [5.74, 6) is -0.212. The van der Waals surface area contributed by atoms with Crippen LogP contribution in [0.4, 0.5) is 4.79 Å². The Morgan fingerprint density at radius 1 is 1.06 bits per heavy atom. The van der Waals surface area contributed by atoms with Crippen LogP contribution >= 0.6 is 0 Å². The van der Waals surface area contributed by atoms with E-state index in [1.54, 1.807) is 25.1 Å². The molecule has 36 heavy (non-hydrogen) atoms. The average molecular weight is 496 g/mol. The van der Waals surface area contributed by atoms with Crippen LogP contribution in [0.5, 0.6) is 11.5 Å². The summed E-state index contributed by atoms with van der Waals surface area (Å²) in [5, 5.41) is 11.9. The van der Waals surface area contributed by atoms with Crippen molar-refractivity contribution in [3.05, 3.63) is 58.1 Å². The number of fused-ring (bicyclic) bond motifs is 1. The zero-order valence-electron chi connectivity index (χ0n) is 21.9. The van der Waals surface area contributed by atoms with Crippen molar-refractivity contribution in [1.82, 2.24) is 25.1 Å². The third-order valence-electron chi connectivity index (χ3n) is 6.78. The van der Waals surface area contributed by atoms with Gasteiger partial charge >= 0.3 is 6.09 Å². The highest BCUT2D eigenvalue weighted by atomic mass is 16.6. The second-order valence-electron chi connectivity index (χ2n) is 10.3. The Morgan fingerprint density at radius 2 is 1.75 bits per heavy atom. The maximum atomic E-state index is 13.7. The monoisotopic (exact) mass is 495 g/mol. The Labute approximate surface area is 213 Å². The Kier molecular flexibility index (Phi) is 7.82. The number of amides is 2. The molecule has 0 bridgehead atoms. The van der Waals surface area contributed by atoms with Crippen LogP contribution in [0.3, 0.4) is 0 Å². The fourth-order valence-corrected chi connectivity index (χ4v) is 4.73. The largest absolute Gasteiger partial charge is 0.508 e. The number of hydrogen-bond donors (Lipinski definition) is 2. The summed E-state index contributed by atoms with van der Waals surface area (Å²) in [4.78, 5) is 32.5. The molecule has 2 aliphatic heterocycles. The lowest BCUT2D eigenvalue weighted by Gasteiger charge is -2.32. The SMILES string of the molecule is CC(C)c1cc(C(=O)N2Cc3ccc(CN4CCN(C)CC4)cc3C2)c(OC(=O)NN(C)C)cc1O. The number of piperazine rings is 1. The maximum Gasteiger partial charge on any atom is 0.427 e. The number of hydrazine groups is 1. The minimum absolute atomic E-state index is 0.00545. The van der Waals surface area contributed by atoms with Crippen molar-refractivity contribution in [3.8, 4) is 11.5 Å². The molecule has 2 aliphatic rings. The van der Waals surface area contributed by atoms with Gasteiger partial charge in [-0.25, -0.2) is 9.80 Å². The highest BCUT2D eigenvalue weighted by molar-refractivity contribution is 5.98. The molecular formula is C27H37N5O4. The maximum absolute atomic E-state index is 13.7. The number of phenols is 1. The molecule has 2 aromatic rings. The molecule has 2 N–H and O–H groups in total. The smallest absolute Gasteiger partial charge is 0.427 e. The van der Waals surface area contributed by atoms with Crippen molar-refractivity contribution in [2.24, 2.45) is 0 Å². The molecule has 4 rings (SSSR count). The van der Waals surface area contributed by atoms with E-state index in [4.69, 9.17) is 4.74 Å². The predicted molar refractivity (Wildman–Crippen MR) is 138 cm³/mol. The quantitative estimate of drug-likeness (QED) is 0.596. The van der Waals surface area contributed by atoms with Crippen molar-refractivity contribution < 1.29 is 19.4 Å². The Balaban J connectivity index is 1.53. The van der Waals surface area contributed by atoms with Gasteiger partial charge in [-0.15, -0.1) is 0 Å². The van der Waals surface area contributed by atoms with Crippen LogP contribution in [0.2, 0.25) is 0 Å². The highest BCUT2D eigenvalue weighted by Gasteiger charge is 2.29. The van der Waals surface area contributed by atoms with Crippen LogP contribution in [0.15, 0.2) is 30.3 Å². The van der Waals surface area contributed by atoms with E-state index >= 15 is 0 Å². The summed E-state index contributed by atoms with van der Waals surface area (Å²) in [6, 6.07) is 9.48. The first-order valence-corrected chi connectivity index (χ1v) is 12.4. The summed E-state index contributed by atoms with van der Waals surface area (Å²) in [6.45, 7) is 10.0. The van der Waals surface area contributed by atoms with Crippen molar-refractivity contribution in [2.45, 2.75) is 39.4 Å². The number of nitrogens with zero attached hydrogens (tertiary/aromatic N) is 4. The summed E-state index contributed by atoms with van der Waals surface area (Å²) < 4.78 is 5.43. The minimum atomic E-state index is -0.732. The molecule has 0 aliphatic carbocycles. The molecule has 0 unspecified atom stereocenters. The van der Waals surface area contributed by atoms with Crippen LogP contribution in [0, 0.1) is 0 Å². The molecule has 194 valence electrons. The van der Waals surface area contributed by atoms with Crippen LogP contribution < -0.4 is 10.2 Å². The van der Waals surface area contributed by atoms with Gasteiger partial charge in [0.2, 0.25) is 0 Å². The fourth-order valence-electron chi connectivity index (χ4n) is 4.73. The minimum Gasteiger partial charge on any atom is -0.508 e. The van der Waals surface area contributed by atoms with Gasteiger partial charge in [-0.1, -0.05) is 32.0 Å². The summed E-state index contributed by atoms with van der Waals surface area (Å²) in [6.07, 6.45) is -0.732. The number of likely N-dealkylation sites (N-methyl/N-ethyl adjacent to an activating group) is 1. The second kappa shape index (κ2) is 10.9. The van der Waals surface area contributed by atoms with Gasteiger partial charge in [0.15, 0.2) is 0 Å². The summed E-state index contributed by atoms with van der Waals surface area (Å²) >= 11 is 0. The van der Waals surface area contributed by atoms with Crippen molar-refractivity contribution >= 4 is 12.0 Å². The molecule has 0 spiro atoms. The first kappa shape index (κ1) is 25.9. The Morgan fingerprint density at radius 3 is 2.42 bits per heavy atom. The topological polar surface area (TPSA) is 88.6 Å². The number of carbonyl (C=O) groups is 2. The lowest BCUT2D eigenvalue weighted by atomic mass is 9.98. The van der Waals surface area contributed by atoms with E-state index in [-0.39, 0.29) is 28.9 Å². The molecule has 1 fully saturated rings. The van der Waals surface area contributed by atoms with Gasteiger partial charge in [0.1, 0.15) is 11.5 Å². The van der Waals surface area contributed by atoms with E-state index in [0.717, 1.165) is 43.9 Å². The highest BCUT2D eigenvalue weighted by Crippen LogP contribution is 2.35. The van der Waals surface area contributed by atoms with E-state index in [2.05, 4.69) is 40.5 Å². The number of phenolic OH excluding ortho intramolecular Hbond substituents is 1. The number of aromatic hydroxyl groups is 1. The van der Waals surface area contributed by atoms with Gasteiger partial charge < -0.3 is 19.6 Å². The predicted octanol–water partition coefficient (Wildman–Crippen LogP) is 2.98. The third kappa shape index (κ3) is 5.98. The van der Waals surface area contributed by atoms with E-state index in [9.17, 15) is 14.7 Å². The first-order chi connectivity index (χ1) is 17.1. The van der Waals surface area contributed by atoms with Crippen molar-refractivity contribution in [3.63, 3.8) is 0 Å². The van der Waals surface area contributed by atoms with Gasteiger partial charge in [-0.3, -0.25) is 15.1 Å². The number of nitrogens with one attached hydrogen (secondary N) is 1. The first-order valence-electron chi connectivity index (χ1n) is 12.4. The zero-order chi connectivity index (χ0) is 26.0. The molecular weight excluding hydrogens is 458 g/mol. The van der Waals surface area contributed by atoms with E-state index in [1.807, 2.05) is 13.8 Å². The molecule has 0 atom stereocenters. The number of rotatable bonds is 6. The fraction of sp³-hybridized carbons (Fsp3) is 0.481. The van der Waals surface area contributed by atoms with E-state index in [1.165, 1.54) is 16.6 Å². The molecule has 0 aromatic heterocycles. The van der Waals surface area contributed by atoms with Crippen LogP contribution in [0.1, 0.15) is 52.4 Å². The third-order valence-corrected chi connectivity index (χ3v) is 6.78. The zero-order valence-corrected chi connectivity index (χ0v) is 21.9. The van der Waals surface area contributed by atoms with Crippen LogP contribution in [-0.4, -0.2) is 84.1 Å². The second-order valence-corrected chi connectivity index (χ2v) is 10.3. The average Bonchev–Trinajstić information content (AvgIpc) is 3.23. The van der Waals surface area contributed by atoms with Gasteiger partial charge in [-0.2, -0.15) is 0 Å². The molecule has 9 nitrogen and oxygen atoms in total. The van der Waals surface area contributed by atoms with Crippen molar-refractivity contribution in [1.29, 1.82) is 0 Å². The molecule has 0 radical (unpaired) electrons. The Hall–Kier alpha value is -3.14. The van der Waals surface area contributed by atoms with Gasteiger partial charge in [-0.05, 0) is 41.3 Å². The normalized spacial score (nSPS) is 16.5. The summed E-state index contributed by atoms with van der Waals surface area (Å²) in [7, 11) is 5.47. The molecule has 2 amide bonds. The van der Waals surface area contributed by atoms with E-state index < -0.39 is 6.09 Å². The van der Waals surface area contributed by atoms with Gasteiger partial charge in [0.05, 0.1) is 5.56 Å². The standard InChI is InChI=1S/C27H37N5O4/c1-18(2)22-13-23(25(14-24(22)33)36-27(35)28-29(3)4)26(34)32-16-20-7-6-19(12-21(20)17-32)15-31-10-8-30(5)9-11-31/h6-7,12-14,18,33H,8-11,15-17H2,1-5H3,(H,28,35). The molecule has 0 saturated carbocycles. The molecule has 1 saturated heterocycles. The number of hydrogen-bond acceptors (Lipinski definition) is 7. The molecule has 2 heterocycles. The van der Waals surface area contributed by atoms with Crippen molar-refractivity contribution in [2.75, 3.05) is 47.3 Å². The Bertz CT molecular complexity index is 1130. The van der Waals surface area contributed by atoms with Crippen LogP contribution in [-0.2, 0) is 19.6 Å². The number of carbonyl (C=O) groups excluding carboxylic acids is 2.